The summed E-state index contributed by atoms with van der Waals surface area (Å²) in [6.45, 7) is 1.20. The number of nitrogens with one attached hydrogen (secondary N) is 3. The van der Waals surface area contributed by atoms with Crippen molar-refractivity contribution in [2.75, 3.05) is 27.2 Å². The van der Waals surface area contributed by atoms with Crippen LogP contribution in [-0.2, 0) is 16.6 Å². The van der Waals surface area contributed by atoms with E-state index in [9.17, 15) is 8.42 Å². The molecule has 0 radical (unpaired) electrons. The summed E-state index contributed by atoms with van der Waals surface area (Å²) >= 11 is 6.79. The SMILES string of the molecule is CN=C(NCCNS(=O)(=O)c1ccc(Cl)s1)NCc1ccc(OC)cc1.I. The van der Waals surface area contributed by atoms with Gasteiger partial charge in [-0.05, 0) is 29.8 Å². The predicted molar refractivity (Wildman–Crippen MR) is 121 cm³/mol. The molecule has 0 aliphatic heterocycles. The molecule has 3 N–H and O–H groups in total. The molecule has 0 atom stereocenters. The van der Waals surface area contributed by atoms with Crippen LogP contribution in [0.15, 0.2) is 45.6 Å². The van der Waals surface area contributed by atoms with Crippen LogP contribution in [0.25, 0.3) is 0 Å². The van der Waals surface area contributed by atoms with Crippen LogP contribution < -0.4 is 20.1 Å². The Labute approximate surface area is 185 Å². The summed E-state index contributed by atoms with van der Waals surface area (Å²) in [6, 6.07) is 10.7. The standard InChI is InChI=1S/C16H21ClN4O3S2.HI/c1-18-16(20-11-12-3-5-13(24-2)6-4-12)19-9-10-21-26(22,23)15-8-7-14(17)25-15;/h3-8,21H,9-11H2,1-2H3,(H2,18,19,20);1H. The fourth-order valence-electron chi connectivity index (χ4n) is 2.03. The molecule has 1 aromatic carbocycles. The normalized spacial score (nSPS) is 11.6. The highest BCUT2D eigenvalue weighted by Crippen LogP contribution is 2.25. The minimum absolute atomic E-state index is 0. The molecule has 0 unspecified atom stereocenters. The van der Waals surface area contributed by atoms with Crippen molar-refractivity contribution in [3.05, 3.63) is 46.3 Å². The molecule has 0 saturated carbocycles. The summed E-state index contributed by atoms with van der Waals surface area (Å²) < 4.78 is 32.4. The summed E-state index contributed by atoms with van der Waals surface area (Å²) in [5.74, 6) is 1.38. The average molecular weight is 545 g/mol. The second-order valence-corrected chi connectivity index (χ2v) is 8.87. The molecule has 11 heteroatoms. The fourth-order valence-corrected chi connectivity index (χ4v) is 4.59. The number of methoxy groups -OCH3 is 1. The van der Waals surface area contributed by atoms with Crippen LogP contribution in [0.3, 0.4) is 0 Å². The first-order chi connectivity index (χ1) is 12.4. The van der Waals surface area contributed by atoms with Crippen LogP contribution in [-0.4, -0.2) is 41.6 Å². The van der Waals surface area contributed by atoms with Crippen LogP contribution in [0.4, 0.5) is 0 Å². The van der Waals surface area contributed by atoms with E-state index >= 15 is 0 Å². The molecule has 0 aliphatic rings. The molecular weight excluding hydrogens is 523 g/mol. The van der Waals surface area contributed by atoms with Gasteiger partial charge >= 0.3 is 0 Å². The molecule has 0 spiro atoms. The monoisotopic (exact) mass is 544 g/mol. The van der Waals surface area contributed by atoms with Gasteiger partial charge in [0, 0.05) is 26.7 Å². The van der Waals surface area contributed by atoms with Crippen LogP contribution in [0.1, 0.15) is 5.56 Å². The van der Waals surface area contributed by atoms with Crippen LogP contribution in [0, 0.1) is 0 Å². The van der Waals surface area contributed by atoms with E-state index in [1.54, 1.807) is 20.2 Å². The highest BCUT2D eigenvalue weighted by molar-refractivity contribution is 14.0. The van der Waals surface area contributed by atoms with Crippen LogP contribution >= 0.6 is 46.9 Å². The first kappa shape index (κ1) is 24.0. The third kappa shape index (κ3) is 7.82. The van der Waals surface area contributed by atoms with E-state index in [4.69, 9.17) is 16.3 Å². The van der Waals surface area contributed by atoms with Crippen molar-refractivity contribution in [1.82, 2.24) is 15.4 Å². The zero-order chi connectivity index (χ0) is 19.0. The predicted octanol–water partition coefficient (Wildman–Crippen LogP) is 2.67. The van der Waals surface area contributed by atoms with E-state index in [0.29, 0.717) is 23.4 Å². The molecular formula is C16H22ClIN4O3S2. The molecule has 1 aromatic heterocycles. The molecule has 1 heterocycles. The van der Waals surface area contributed by atoms with Gasteiger partial charge in [-0.3, -0.25) is 4.99 Å². The largest absolute Gasteiger partial charge is 0.497 e. The van der Waals surface area contributed by atoms with Crippen molar-refractivity contribution >= 4 is 62.9 Å². The number of ether oxygens (including phenoxy) is 1. The van der Waals surface area contributed by atoms with E-state index in [2.05, 4.69) is 20.3 Å². The van der Waals surface area contributed by atoms with Gasteiger partial charge in [0.05, 0.1) is 11.4 Å². The van der Waals surface area contributed by atoms with Gasteiger partial charge < -0.3 is 15.4 Å². The maximum absolute atomic E-state index is 12.1. The van der Waals surface area contributed by atoms with Crippen molar-refractivity contribution in [2.24, 2.45) is 4.99 Å². The van der Waals surface area contributed by atoms with Gasteiger partial charge in [0.1, 0.15) is 9.96 Å². The Bertz CT molecular complexity index is 842. The first-order valence-electron chi connectivity index (χ1n) is 7.77. The van der Waals surface area contributed by atoms with Gasteiger partial charge in [0.2, 0.25) is 10.0 Å². The zero-order valence-electron chi connectivity index (χ0n) is 14.9. The number of benzene rings is 1. The third-order valence-electron chi connectivity index (χ3n) is 3.37. The zero-order valence-corrected chi connectivity index (χ0v) is 19.6. The smallest absolute Gasteiger partial charge is 0.250 e. The van der Waals surface area contributed by atoms with Crippen molar-refractivity contribution in [1.29, 1.82) is 0 Å². The minimum atomic E-state index is -3.53. The molecule has 150 valence electrons. The lowest BCUT2D eigenvalue weighted by Crippen LogP contribution is -2.41. The van der Waals surface area contributed by atoms with Crippen LogP contribution in [0.5, 0.6) is 5.75 Å². The molecule has 0 amide bonds. The topological polar surface area (TPSA) is 91.8 Å². The summed E-state index contributed by atoms with van der Waals surface area (Å²) in [5.41, 5.74) is 1.07. The number of halogens is 2. The lowest BCUT2D eigenvalue weighted by atomic mass is 10.2. The first-order valence-corrected chi connectivity index (χ1v) is 10.4. The van der Waals surface area contributed by atoms with Crippen molar-refractivity contribution in [3.8, 4) is 5.75 Å². The number of rotatable bonds is 8. The van der Waals surface area contributed by atoms with E-state index in [-0.39, 0.29) is 34.7 Å². The average Bonchev–Trinajstić information content (AvgIpc) is 3.09. The molecule has 0 aliphatic carbocycles. The Kier molecular flexibility index (Phi) is 10.4. The Hall–Kier alpha value is -1.08. The van der Waals surface area contributed by atoms with Gasteiger partial charge in [-0.1, -0.05) is 23.7 Å². The Morgan fingerprint density at radius 1 is 1.15 bits per heavy atom. The van der Waals surface area contributed by atoms with Gasteiger partial charge in [-0.2, -0.15) is 0 Å². The molecule has 27 heavy (non-hydrogen) atoms. The molecule has 0 fully saturated rings. The maximum atomic E-state index is 12.1. The van der Waals surface area contributed by atoms with Crippen LogP contribution in [0.2, 0.25) is 4.34 Å². The highest BCUT2D eigenvalue weighted by atomic mass is 127. The Morgan fingerprint density at radius 3 is 2.41 bits per heavy atom. The summed E-state index contributed by atoms with van der Waals surface area (Å²) in [5, 5.41) is 6.22. The summed E-state index contributed by atoms with van der Waals surface area (Å²) in [6.07, 6.45) is 0. The quantitative estimate of drug-likeness (QED) is 0.206. The summed E-state index contributed by atoms with van der Waals surface area (Å²) in [4.78, 5) is 4.11. The van der Waals surface area contributed by atoms with Crippen molar-refractivity contribution in [3.63, 3.8) is 0 Å². The Morgan fingerprint density at radius 2 is 1.85 bits per heavy atom. The van der Waals surface area contributed by atoms with Gasteiger partial charge in [0.25, 0.3) is 0 Å². The number of sulfonamides is 1. The number of hydrogen-bond donors (Lipinski definition) is 3. The van der Waals surface area contributed by atoms with Gasteiger partial charge in [-0.25, -0.2) is 13.1 Å². The van der Waals surface area contributed by atoms with E-state index < -0.39 is 10.0 Å². The van der Waals surface area contributed by atoms with Crippen molar-refractivity contribution in [2.45, 2.75) is 10.8 Å². The minimum Gasteiger partial charge on any atom is -0.497 e. The number of hydrogen-bond acceptors (Lipinski definition) is 5. The lowest BCUT2D eigenvalue weighted by molar-refractivity contribution is 0.414. The number of guanidine groups is 1. The van der Waals surface area contributed by atoms with E-state index in [0.717, 1.165) is 22.6 Å². The molecule has 2 rings (SSSR count). The Balaban J connectivity index is 0.00000364. The van der Waals surface area contributed by atoms with Gasteiger partial charge in [-0.15, -0.1) is 35.3 Å². The molecule has 0 bridgehead atoms. The highest BCUT2D eigenvalue weighted by Gasteiger charge is 2.15. The number of aliphatic imine (C=N–C) groups is 1. The van der Waals surface area contributed by atoms with E-state index in [1.807, 2.05) is 24.3 Å². The second-order valence-electron chi connectivity index (χ2n) is 5.16. The van der Waals surface area contributed by atoms with Gasteiger partial charge in [0.15, 0.2) is 5.96 Å². The van der Waals surface area contributed by atoms with Crippen molar-refractivity contribution < 1.29 is 13.2 Å². The maximum Gasteiger partial charge on any atom is 0.250 e. The van der Waals surface area contributed by atoms with E-state index in [1.165, 1.54) is 6.07 Å². The molecule has 2 aromatic rings. The number of nitrogens with zero attached hydrogens (tertiary/aromatic N) is 1. The molecule has 7 nitrogen and oxygen atoms in total. The summed E-state index contributed by atoms with van der Waals surface area (Å²) in [7, 11) is -0.255. The lowest BCUT2D eigenvalue weighted by Gasteiger charge is -2.12. The third-order valence-corrected chi connectivity index (χ3v) is 6.55. The fraction of sp³-hybridized carbons (Fsp3) is 0.312. The molecule has 0 saturated heterocycles. The second kappa shape index (κ2) is 11.7. The number of thiophene rings is 1.